The van der Waals surface area contributed by atoms with Crippen molar-refractivity contribution < 1.29 is 13.6 Å². The Morgan fingerprint density at radius 2 is 1.82 bits per heavy atom. The number of hydrogen-bond donors (Lipinski definition) is 0. The summed E-state index contributed by atoms with van der Waals surface area (Å²) in [6, 6.07) is 10.9. The second-order valence-corrected chi connectivity index (χ2v) is 5.68. The lowest BCUT2D eigenvalue weighted by Crippen LogP contribution is -2.33. The first-order valence-corrected chi connectivity index (χ1v) is 7.37. The highest BCUT2D eigenvalue weighted by Gasteiger charge is 2.27. The molecule has 3 rings (SSSR count). The fourth-order valence-electron chi connectivity index (χ4n) is 3.15. The summed E-state index contributed by atoms with van der Waals surface area (Å²) in [6.07, 6.45) is 2.86. The third-order valence-electron chi connectivity index (χ3n) is 4.24. The number of nitrogens with zero attached hydrogens (tertiary/aromatic N) is 1. The van der Waals surface area contributed by atoms with E-state index in [1.54, 1.807) is 11.9 Å². The zero-order chi connectivity index (χ0) is 15.7. The van der Waals surface area contributed by atoms with Crippen molar-refractivity contribution >= 4 is 5.91 Å². The van der Waals surface area contributed by atoms with E-state index in [0.717, 1.165) is 43.0 Å². The molecule has 22 heavy (non-hydrogen) atoms. The van der Waals surface area contributed by atoms with Gasteiger partial charge in [0.15, 0.2) is 0 Å². The van der Waals surface area contributed by atoms with Crippen LogP contribution in [0, 0.1) is 11.6 Å². The summed E-state index contributed by atoms with van der Waals surface area (Å²) in [5, 5.41) is 0. The molecule has 1 atom stereocenters. The van der Waals surface area contributed by atoms with Gasteiger partial charge in [-0.3, -0.25) is 4.79 Å². The molecular weight excluding hydrogens is 284 g/mol. The van der Waals surface area contributed by atoms with Crippen LogP contribution >= 0.6 is 0 Å². The molecule has 2 aromatic carbocycles. The van der Waals surface area contributed by atoms with Gasteiger partial charge in [-0.1, -0.05) is 24.3 Å². The molecule has 1 amide bonds. The highest BCUT2D eigenvalue weighted by molar-refractivity contribution is 5.94. The van der Waals surface area contributed by atoms with E-state index in [1.165, 1.54) is 5.56 Å². The van der Waals surface area contributed by atoms with Crippen molar-refractivity contribution in [3.8, 4) is 0 Å². The Kier molecular flexibility index (Phi) is 3.92. The first-order chi connectivity index (χ1) is 10.6. The number of hydrogen-bond acceptors (Lipinski definition) is 1. The fourth-order valence-corrected chi connectivity index (χ4v) is 3.15. The molecule has 0 saturated carbocycles. The summed E-state index contributed by atoms with van der Waals surface area (Å²) in [6.45, 7) is 0. The maximum absolute atomic E-state index is 13.3. The molecule has 0 heterocycles. The normalized spacial score (nSPS) is 17.0. The van der Waals surface area contributed by atoms with Gasteiger partial charge in [-0.25, -0.2) is 8.78 Å². The monoisotopic (exact) mass is 301 g/mol. The maximum atomic E-state index is 13.3. The molecule has 1 aliphatic carbocycles. The van der Waals surface area contributed by atoms with Crippen molar-refractivity contribution in [3.05, 3.63) is 70.8 Å². The van der Waals surface area contributed by atoms with E-state index in [2.05, 4.69) is 6.07 Å². The van der Waals surface area contributed by atoms with E-state index in [-0.39, 0.29) is 17.5 Å². The molecule has 0 fully saturated rings. The highest BCUT2D eigenvalue weighted by atomic mass is 19.1. The number of benzene rings is 2. The number of amides is 1. The molecule has 0 spiro atoms. The summed E-state index contributed by atoms with van der Waals surface area (Å²) in [5.41, 5.74) is 2.41. The molecule has 1 aliphatic rings. The van der Waals surface area contributed by atoms with Crippen LogP contribution in [0.15, 0.2) is 42.5 Å². The van der Waals surface area contributed by atoms with Crippen molar-refractivity contribution in [2.45, 2.75) is 25.3 Å². The average molecular weight is 301 g/mol. The zero-order valence-corrected chi connectivity index (χ0v) is 12.4. The third-order valence-corrected chi connectivity index (χ3v) is 4.24. The minimum atomic E-state index is -0.735. The van der Waals surface area contributed by atoms with Crippen molar-refractivity contribution in [2.75, 3.05) is 7.05 Å². The van der Waals surface area contributed by atoms with Gasteiger partial charge in [0.2, 0.25) is 0 Å². The lowest BCUT2D eigenvalue weighted by molar-refractivity contribution is 0.0714. The Balaban J connectivity index is 1.91. The Labute approximate surface area is 128 Å². The molecule has 2 nitrogen and oxygen atoms in total. The Morgan fingerprint density at radius 3 is 2.55 bits per heavy atom. The van der Waals surface area contributed by atoms with E-state index in [1.807, 2.05) is 18.2 Å². The second-order valence-electron chi connectivity index (χ2n) is 5.68. The van der Waals surface area contributed by atoms with Crippen LogP contribution in [-0.4, -0.2) is 17.9 Å². The van der Waals surface area contributed by atoms with Gasteiger partial charge in [0, 0.05) is 18.7 Å². The van der Waals surface area contributed by atoms with Crippen LogP contribution < -0.4 is 0 Å². The van der Waals surface area contributed by atoms with Gasteiger partial charge in [0.1, 0.15) is 11.6 Å². The minimum absolute atomic E-state index is 0.0445. The largest absolute Gasteiger partial charge is 0.335 e. The molecule has 0 radical (unpaired) electrons. The lowest BCUT2D eigenvalue weighted by Gasteiger charge is -2.33. The quantitative estimate of drug-likeness (QED) is 0.817. The van der Waals surface area contributed by atoms with Crippen molar-refractivity contribution in [3.63, 3.8) is 0 Å². The van der Waals surface area contributed by atoms with Gasteiger partial charge in [-0.15, -0.1) is 0 Å². The summed E-state index contributed by atoms with van der Waals surface area (Å²) in [4.78, 5) is 14.1. The second kappa shape index (κ2) is 5.87. The topological polar surface area (TPSA) is 20.3 Å². The molecule has 0 aliphatic heterocycles. The molecule has 114 valence electrons. The van der Waals surface area contributed by atoms with Crippen LogP contribution in [0.25, 0.3) is 0 Å². The van der Waals surface area contributed by atoms with Crippen molar-refractivity contribution in [2.24, 2.45) is 0 Å². The standard InChI is InChI=1S/C18H17F2NO/c1-21(18(22)13-9-14(19)11-15(20)10-13)17-8-4-6-12-5-2-3-7-16(12)17/h2-3,5,7,9-11,17H,4,6,8H2,1H3/t17-/m0/s1. The van der Waals surface area contributed by atoms with Crippen LogP contribution in [0.4, 0.5) is 8.78 Å². The SMILES string of the molecule is CN(C(=O)c1cc(F)cc(F)c1)[C@H]1CCCc2ccccc21. The number of fused-ring (bicyclic) bond motifs is 1. The predicted molar refractivity (Wildman–Crippen MR) is 80.6 cm³/mol. The number of halogens is 2. The molecule has 0 aromatic heterocycles. The van der Waals surface area contributed by atoms with E-state index in [4.69, 9.17) is 0 Å². The maximum Gasteiger partial charge on any atom is 0.254 e. The van der Waals surface area contributed by atoms with Crippen LogP contribution in [0.5, 0.6) is 0 Å². The molecule has 4 heteroatoms. The van der Waals surface area contributed by atoms with Crippen LogP contribution in [0.2, 0.25) is 0 Å². The van der Waals surface area contributed by atoms with Crippen LogP contribution in [-0.2, 0) is 6.42 Å². The average Bonchev–Trinajstić information content (AvgIpc) is 2.52. The molecule has 0 bridgehead atoms. The third kappa shape index (κ3) is 2.73. The molecule has 0 saturated heterocycles. The van der Waals surface area contributed by atoms with E-state index >= 15 is 0 Å². The van der Waals surface area contributed by atoms with Crippen molar-refractivity contribution in [1.29, 1.82) is 0 Å². The fraction of sp³-hybridized carbons (Fsp3) is 0.278. The lowest BCUT2D eigenvalue weighted by atomic mass is 9.87. The minimum Gasteiger partial charge on any atom is -0.335 e. The summed E-state index contributed by atoms with van der Waals surface area (Å²) >= 11 is 0. The van der Waals surface area contributed by atoms with Gasteiger partial charge in [-0.2, -0.15) is 0 Å². The number of aryl methyl sites for hydroxylation is 1. The van der Waals surface area contributed by atoms with Gasteiger partial charge < -0.3 is 4.90 Å². The van der Waals surface area contributed by atoms with Gasteiger partial charge in [0.05, 0.1) is 6.04 Å². The van der Waals surface area contributed by atoms with Gasteiger partial charge in [0.25, 0.3) is 5.91 Å². The Bertz CT molecular complexity index is 694. The molecule has 0 N–H and O–H groups in total. The summed E-state index contributed by atoms with van der Waals surface area (Å²) in [7, 11) is 1.69. The van der Waals surface area contributed by atoms with E-state index in [9.17, 15) is 13.6 Å². The molecular formula is C18H17F2NO. The van der Waals surface area contributed by atoms with Gasteiger partial charge >= 0.3 is 0 Å². The Hall–Kier alpha value is -2.23. The smallest absolute Gasteiger partial charge is 0.254 e. The predicted octanol–water partition coefficient (Wildman–Crippen LogP) is 4.11. The molecule has 0 unspecified atom stereocenters. The van der Waals surface area contributed by atoms with Gasteiger partial charge in [-0.05, 0) is 42.5 Å². The van der Waals surface area contributed by atoms with Crippen LogP contribution in [0.3, 0.4) is 0 Å². The first kappa shape index (κ1) is 14.7. The summed E-state index contributed by atoms with van der Waals surface area (Å²) in [5.74, 6) is -1.83. The van der Waals surface area contributed by atoms with Crippen LogP contribution in [0.1, 0.15) is 40.4 Å². The van der Waals surface area contributed by atoms with E-state index in [0.29, 0.717) is 0 Å². The Morgan fingerprint density at radius 1 is 1.14 bits per heavy atom. The number of carbonyl (C=O) groups is 1. The first-order valence-electron chi connectivity index (χ1n) is 7.37. The van der Waals surface area contributed by atoms with E-state index < -0.39 is 11.6 Å². The summed E-state index contributed by atoms with van der Waals surface area (Å²) < 4.78 is 26.6. The zero-order valence-electron chi connectivity index (χ0n) is 12.4. The molecule has 2 aromatic rings. The number of rotatable bonds is 2. The highest BCUT2D eigenvalue weighted by Crippen LogP contribution is 2.34. The number of carbonyl (C=O) groups excluding carboxylic acids is 1. The van der Waals surface area contributed by atoms with Crippen molar-refractivity contribution in [1.82, 2.24) is 4.90 Å².